The lowest BCUT2D eigenvalue weighted by atomic mass is 10.0. The highest BCUT2D eigenvalue weighted by molar-refractivity contribution is 5.99. The van der Waals surface area contributed by atoms with Crippen molar-refractivity contribution in [1.29, 1.82) is 0 Å². The summed E-state index contributed by atoms with van der Waals surface area (Å²) in [5.41, 5.74) is 7.21. The van der Waals surface area contributed by atoms with Gasteiger partial charge >= 0.3 is 0 Å². The molecule has 1 amide bonds. The smallest absolute Gasteiger partial charge is 0.255 e. The third kappa shape index (κ3) is 4.58. The van der Waals surface area contributed by atoms with Crippen LogP contribution < -0.4 is 11.1 Å². The minimum Gasteiger partial charge on any atom is -0.504 e. The summed E-state index contributed by atoms with van der Waals surface area (Å²) in [6.07, 6.45) is -1.73. The number of ether oxygens (including phenoxy) is 1. The third-order valence-corrected chi connectivity index (χ3v) is 6.47. The van der Waals surface area contributed by atoms with Crippen LogP contribution >= 0.6 is 0 Å². The topological polar surface area (TPSA) is 189 Å². The predicted molar refractivity (Wildman–Crippen MR) is 132 cm³/mol. The van der Waals surface area contributed by atoms with Gasteiger partial charge in [-0.15, -0.1) is 0 Å². The van der Waals surface area contributed by atoms with Gasteiger partial charge in [-0.2, -0.15) is 0 Å². The summed E-state index contributed by atoms with van der Waals surface area (Å²) >= 11 is 0. The van der Waals surface area contributed by atoms with Crippen LogP contribution in [0.2, 0.25) is 0 Å². The molecule has 1 aliphatic rings. The Morgan fingerprint density at radius 1 is 1.13 bits per heavy atom. The van der Waals surface area contributed by atoms with Crippen LogP contribution in [0.1, 0.15) is 29.9 Å². The van der Waals surface area contributed by atoms with Crippen LogP contribution in [-0.2, 0) is 4.74 Å². The summed E-state index contributed by atoms with van der Waals surface area (Å²) in [5.74, 6) is -2.09. The Labute approximate surface area is 215 Å². The molecule has 0 spiro atoms. The van der Waals surface area contributed by atoms with Gasteiger partial charge in [0.1, 0.15) is 29.9 Å². The fraction of sp³-hybridized carbons (Fsp3) is 0.280. The number of hydrogen-bond donors (Lipinski definition) is 6. The van der Waals surface area contributed by atoms with E-state index in [9.17, 15) is 29.6 Å². The number of carbonyl (C=O) groups is 1. The normalized spacial score (nSPS) is 22.0. The number of aromatic hydroxyl groups is 2. The number of rotatable bonds is 6. The van der Waals surface area contributed by atoms with Crippen molar-refractivity contribution in [2.45, 2.75) is 43.9 Å². The monoisotopic (exact) mass is 524 g/mol. The molecule has 38 heavy (non-hydrogen) atoms. The highest BCUT2D eigenvalue weighted by atomic mass is 19.1. The second-order valence-electron chi connectivity index (χ2n) is 9.14. The van der Waals surface area contributed by atoms with Crippen LogP contribution in [-0.4, -0.2) is 70.2 Å². The van der Waals surface area contributed by atoms with E-state index in [1.54, 1.807) is 6.92 Å². The number of anilines is 1. The predicted octanol–water partition coefficient (Wildman–Crippen LogP) is 1.45. The number of phenolic OH excluding ortho intramolecular Hbond substituents is 2. The Morgan fingerprint density at radius 2 is 1.87 bits per heavy atom. The van der Waals surface area contributed by atoms with Gasteiger partial charge in [0.2, 0.25) is 0 Å². The number of nitrogen functional groups attached to an aromatic ring is 1. The first kappa shape index (κ1) is 25.3. The minimum atomic E-state index is -1.31. The average molecular weight is 525 g/mol. The van der Waals surface area contributed by atoms with Gasteiger partial charge in [0, 0.05) is 6.04 Å². The van der Waals surface area contributed by atoms with E-state index in [0.717, 1.165) is 0 Å². The van der Waals surface area contributed by atoms with E-state index in [0.29, 0.717) is 22.3 Å². The van der Waals surface area contributed by atoms with Gasteiger partial charge in [0.15, 0.2) is 29.2 Å². The van der Waals surface area contributed by atoms with Gasteiger partial charge in [-0.05, 0) is 48.7 Å². The molecule has 198 valence electrons. The summed E-state index contributed by atoms with van der Waals surface area (Å²) in [6, 6.07) is 7.51. The number of fused-ring (bicyclic) bond motifs is 1. The van der Waals surface area contributed by atoms with Crippen LogP contribution in [0.5, 0.6) is 11.5 Å². The molecule has 13 heteroatoms. The van der Waals surface area contributed by atoms with E-state index in [2.05, 4.69) is 20.3 Å². The zero-order chi connectivity index (χ0) is 27.1. The van der Waals surface area contributed by atoms with Gasteiger partial charge in [-0.1, -0.05) is 12.1 Å². The molecule has 12 nitrogen and oxygen atoms in total. The number of imidazole rings is 1. The fourth-order valence-electron chi connectivity index (χ4n) is 4.52. The maximum atomic E-state index is 13.3. The average Bonchev–Trinajstić information content (AvgIpc) is 3.43. The maximum absolute atomic E-state index is 13.3. The molecule has 2 aromatic heterocycles. The number of aliphatic hydroxyl groups is 2. The van der Waals surface area contributed by atoms with Crippen molar-refractivity contribution in [3.63, 3.8) is 0 Å². The minimum absolute atomic E-state index is 0.106. The number of nitrogens with zero attached hydrogens (tertiary/aromatic N) is 4. The Hall–Kier alpha value is -4.33. The first-order valence-electron chi connectivity index (χ1n) is 11.7. The standard InChI is InChI=1S/C25H25FN6O6/c1-11(31-24(37)15-7-13(8-16(33)19(15)34)12-2-4-14(26)5-3-12)6-17-20(35)21(36)25(38-17)32-10-30-18-22(27)28-9-29-23(18)32/h2-5,7-11,17,20-21,25,33-36H,6H2,1H3,(H,31,37)(H2,27,28,29)/t11-,17-,20-,21-,25-/m1/s1. The highest BCUT2D eigenvalue weighted by Gasteiger charge is 2.44. The Morgan fingerprint density at radius 3 is 2.61 bits per heavy atom. The summed E-state index contributed by atoms with van der Waals surface area (Å²) in [5, 5.41) is 44.5. The molecule has 2 aromatic carbocycles. The zero-order valence-electron chi connectivity index (χ0n) is 20.1. The lowest BCUT2D eigenvalue weighted by Crippen LogP contribution is -2.39. The first-order chi connectivity index (χ1) is 18.1. The largest absolute Gasteiger partial charge is 0.504 e. The third-order valence-electron chi connectivity index (χ3n) is 6.47. The van der Waals surface area contributed by atoms with Gasteiger partial charge < -0.3 is 36.2 Å². The van der Waals surface area contributed by atoms with Gasteiger partial charge in [-0.3, -0.25) is 9.36 Å². The van der Waals surface area contributed by atoms with Crippen molar-refractivity contribution >= 4 is 22.9 Å². The fourth-order valence-corrected chi connectivity index (χ4v) is 4.52. The maximum Gasteiger partial charge on any atom is 0.255 e. The number of benzene rings is 2. The molecule has 0 bridgehead atoms. The van der Waals surface area contributed by atoms with Crippen molar-refractivity contribution in [1.82, 2.24) is 24.8 Å². The van der Waals surface area contributed by atoms with Crippen molar-refractivity contribution in [2.24, 2.45) is 0 Å². The van der Waals surface area contributed by atoms with Crippen LogP contribution in [0.3, 0.4) is 0 Å². The van der Waals surface area contributed by atoms with Gasteiger partial charge in [0.25, 0.3) is 5.91 Å². The highest BCUT2D eigenvalue weighted by Crippen LogP contribution is 2.36. The van der Waals surface area contributed by atoms with E-state index in [1.807, 2.05) is 0 Å². The second kappa shape index (κ2) is 9.85. The number of phenols is 2. The van der Waals surface area contributed by atoms with Crippen LogP contribution in [0, 0.1) is 5.82 Å². The molecule has 4 aromatic rings. The van der Waals surface area contributed by atoms with E-state index in [4.69, 9.17) is 10.5 Å². The van der Waals surface area contributed by atoms with E-state index in [-0.39, 0.29) is 17.8 Å². The van der Waals surface area contributed by atoms with Gasteiger partial charge in [-0.25, -0.2) is 19.3 Å². The van der Waals surface area contributed by atoms with Crippen LogP contribution in [0.15, 0.2) is 49.1 Å². The number of aromatic nitrogens is 4. The molecule has 1 aliphatic heterocycles. The molecule has 0 unspecified atom stereocenters. The molecule has 3 heterocycles. The SMILES string of the molecule is C[C@H](C[C@H]1O[C@@H](n2cnc3c(N)ncnc32)[C@H](O)[C@@H]1O)NC(=O)c1cc(-c2ccc(F)cc2)cc(O)c1O. The Kier molecular flexibility index (Phi) is 6.57. The van der Waals surface area contributed by atoms with E-state index in [1.165, 1.54) is 53.6 Å². The summed E-state index contributed by atoms with van der Waals surface area (Å²) in [6.45, 7) is 1.66. The first-order valence-corrected chi connectivity index (χ1v) is 11.7. The van der Waals surface area contributed by atoms with Crippen molar-refractivity contribution in [3.8, 4) is 22.6 Å². The zero-order valence-corrected chi connectivity index (χ0v) is 20.1. The second-order valence-corrected chi connectivity index (χ2v) is 9.14. The van der Waals surface area contributed by atoms with Crippen molar-refractivity contribution < 1.29 is 34.3 Å². The number of carbonyl (C=O) groups excluding carboxylic acids is 1. The number of aliphatic hydroxyl groups excluding tert-OH is 2. The number of nitrogens with one attached hydrogen (secondary N) is 1. The molecule has 0 radical (unpaired) electrons. The quantitative estimate of drug-likeness (QED) is 0.201. The molecule has 1 saturated heterocycles. The van der Waals surface area contributed by atoms with Crippen molar-refractivity contribution in [2.75, 3.05) is 5.73 Å². The molecular weight excluding hydrogens is 499 g/mol. The molecule has 7 N–H and O–H groups in total. The van der Waals surface area contributed by atoms with Gasteiger partial charge in [0.05, 0.1) is 18.0 Å². The molecule has 1 fully saturated rings. The van der Waals surface area contributed by atoms with E-state index < -0.39 is 53.8 Å². The molecular formula is C25H25FN6O6. The number of amides is 1. The lowest BCUT2D eigenvalue weighted by Gasteiger charge is -2.21. The Balaban J connectivity index is 1.30. The van der Waals surface area contributed by atoms with Crippen LogP contribution in [0.25, 0.3) is 22.3 Å². The molecule has 5 rings (SSSR count). The Bertz CT molecular complexity index is 1500. The van der Waals surface area contributed by atoms with Crippen LogP contribution in [0.4, 0.5) is 10.2 Å². The summed E-state index contributed by atoms with van der Waals surface area (Å²) < 4.78 is 20.7. The van der Waals surface area contributed by atoms with E-state index >= 15 is 0 Å². The molecule has 0 saturated carbocycles. The summed E-state index contributed by atoms with van der Waals surface area (Å²) in [4.78, 5) is 25.1. The molecule has 5 atom stereocenters. The lowest BCUT2D eigenvalue weighted by molar-refractivity contribution is -0.0388. The molecule has 0 aliphatic carbocycles. The summed E-state index contributed by atoms with van der Waals surface area (Å²) in [7, 11) is 0. The van der Waals surface area contributed by atoms with Crippen molar-refractivity contribution in [3.05, 3.63) is 60.4 Å². The number of nitrogens with two attached hydrogens (primary N) is 1. The number of halogens is 1. The number of hydrogen-bond acceptors (Lipinski definition) is 10.